The SMILES string of the molecule is CCNC(=O)C(C)(C)/C=C/n1ncc(C(=O)N[C@H]2C3CC4CC2C[C@](CO)(C4)C3)c1-n1cccn1. The monoisotopic (exact) mass is 480 g/mol. The van der Waals surface area contributed by atoms with Crippen molar-refractivity contribution in [2.24, 2.45) is 28.6 Å². The summed E-state index contributed by atoms with van der Waals surface area (Å²) < 4.78 is 3.23. The lowest BCUT2D eigenvalue weighted by atomic mass is 9.48. The van der Waals surface area contributed by atoms with Gasteiger partial charge >= 0.3 is 0 Å². The van der Waals surface area contributed by atoms with Crippen LogP contribution in [0.2, 0.25) is 0 Å². The molecule has 0 spiro atoms. The van der Waals surface area contributed by atoms with Crippen LogP contribution in [-0.2, 0) is 4.79 Å². The second kappa shape index (κ2) is 8.93. The molecule has 2 heterocycles. The van der Waals surface area contributed by atoms with Gasteiger partial charge in [-0.25, -0.2) is 9.36 Å². The predicted molar refractivity (Wildman–Crippen MR) is 131 cm³/mol. The van der Waals surface area contributed by atoms with E-state index >= 15 is 0 Å². The summed E-state index contributed by atoms with van der Waals surface area (Å²) in [6, 6.07) is 1.92. The Kier molecular flexibility index (Phi) is 6.07. The molecule has 4 bridgehead atoms. The maximum atomic E-state index is 13.6. The van der Waals surface area contributed by atoms with Crippen molar-refractivity contribution in [2.75, 3.05) is 13.2 Å². The Bertz CT molecular complexity index is 1100. The number of aromatic nitrogens is 4. The van der Waals surface area contributed by atoms with E-state index in [0.29, 0.717) is 35.7 Å². The Balaban J connectivity index is 1.40. The molecule has 4 aliphatic rings. The summed E-state index contributed by atoms with van der Waals surface area (Å²) in [6.45, 7) is 6.38. The van der Waals surface area contributed by atoms with Gasteiger partial charge in [0.15, 0.2) is 5.82 Å². The van der Waals surface area contributed by atoms with Crippen LogP contribution < -0.4 is 10.6 Å². The Morgan fingerprint density at radius 3 is 2.60 bits per heavy atom. The molecule has 2 amide bonds. The van der Waals surface area contributed by atoms with Gasteiger partial charge < -0.3 is 15.7 Å². The maximum absolute atomic E-state index is 13.6. The van der Waals surface area contributed by atoms with Crippen LogP contribution in [0, 0.1) is 28.6 Å². The molecule has 0 radical (unpaired) electrons. The van der Waals surface area contributed by atoms with Gasteiger partial charge in [-0.05, 0) is 82.1 Å². The first-order valence-electron chi connectivity index (χ1n) is 12.7. The van der Waals surface area contributed by atoms with Gasteiger partial charge in [0, 0.05) is 37.8 Å². The molecule has 4 fully saturated rings. The topological polar surface area (TPSA) is 114 Å². The summed E-state index contributed by atoms with van der Waals surface area (Å²) in [5.74, 6) is 1.80. The second-order valence-electron chi connectivity index (χ2n) is 11.3. The number of hydrogen-bond acceptors (Lipinski definition) is 5. The zero-order chi connectivity index (χ0) is 24.8. The van der Waals surface area contributed by atoms with Gasteiger partial charge in [0.1, 0.15) is 5.56 Å². The van der Waals surface area contributed by atoms with Crippen molar-refractivity contribution in [1.29, 1.82) is 0 Å². The lowest BCUT2D eigenvalue weighted by Crippen LogP contribution is -2.60. The first-order valence-corrected chi connectivity index (χ1v) is 12.7. The summed E-state index contributed by atoms with van der Waals surface area (Å²) in [5, 5.41) is 25.0. The van der Waals surface area contributed by atoms with Crippen molar-refractivity contribution in [2.45, 2.75) is 58.9 Å². The number of nitrogens with zero attached hydrogens (tertiary/aromatic N) is 4. The minimum absolute atomic E-state index is 0.0600. The molecule has 0 aromatic carbocycles. The molecule has 2 atom stereocenters. The van der Waals surface area contributed by atoms with Crippen LogP contribution in [0.15, 0.2) is 30.7 Å². The summed E-state index contributed by atoms with van der Waals surface area (Å²) >= 11 is 0. The van der Waals surface area contributed by atoms with E-state index in [-0.39, 0.29) is 29.9 Å². The van der Waals surface area contributed by atoms with E-state index in [4.69, 9.17) is 0 Å². The van der Waals surface area contributed by atoms with Crippen LogP contribution in [0.4, 0.5) is 0 Å². The van der Waals surface area contributed by atoms with Crippen molar-refractivity contribution in [3.8, 4) is 5.82 Å². The van der Waals surface area contributed by atoms with Gasteiger partial charge in [-0.15, -0.1) is 0 Å². The Hall–Kier alpha value is -2.94. The highest BCUT2D eigenvalue weighted by Gasteiger charge is 2.55. The molecule has 9 heteroatoms. The first-order chi connectivity index (χ1) is 16.7. The highest BCUT2D eigenvalue weighted by Crippen LogP contribution is 2.59. The molecule has 0 saturated heterocycles. The molecule has 35 heavy (non-hydrogen) atoms. The van der Waals surface area contributed by atoms with Gasteiger partial charge in [-0.3, -0.25) is 9.59 Å². The van der Waals surface area contributed by atoms with Gasteiger partial charge in [0.2, 0.25) is 5.91 Å². The summed E-state index contributed by atoms with van der Waals surface area (Å²) in [7, 11) is 0. The number of amides is 2. The van der Waals surface area contributed by atoms with Gasteiger partial charge in [0.25, 0.3) is 5.91 Å². The number of aliphatic hydroxyl groups is 1. The molecule has 188 valence electrons. The Morgan fingerprint density at radius 2 is 1.97 bits per heavy atom. The number of hydrogen-bond donors (Lipinski definition) is 3. The van der Waals surface area contributed by atoms with Crippen molar-refractivity contribution >= 4 is 18.0 Å². The molecule has 2 aromatic rings. The van der Waals surface area contributed by atoms with Crippen molar-refractivity contribution in [1.82, 2.24) is 30.2 Å². The molecule has 4 aliphatic carbocycles. The largest absolute Gasteiger partial charge is 0.396 e. The maximum Gasteiger partial charge on any atom is 0.257 e. The number of carbonyl (C=O) groups excluding carboxylic acids is 2. The van der Waals surface area contributed by atoms with E-state index in [9.17, 15) is 14.7 Å². The number of carbonyl (C=O) groups is 2. The van der Waals surface area contributed by atoms with Crippen LogP contribution in [0.5, 0.6) is 0 Å². The molecule has 4 saturated carbocycles. The predicted octanol–water partition coefficient (Wildman–Crippen LogP) is 2.62. The van der Waals surface area contributed by atoms with Crippen LogP contribution in [0.1, 0.15) is 63.2 Å². The third kappa shape index (κ3) is 4.30. The Labute approximate surface area is 206 Å². The zero-order valence-corrected chi connectivity index (χ0v) is 20.8. The molecule has 3 N–H and O–H groups in total. The van der Waals surface area contributed by atoms with Crippen LogP contribution in [-0.4, -0.2) is 55.7 Å². The molecule has 0 aliphatic heterocycles. The van der Waals surface area contributed by atoms with Gasteiger partial charge in [0.05, 0.1) is 11.6 Å². The number of nitrogens with one attached hydrogen (secondary N) is 2. The molecule has 2 unspecified atom stereocenters. The fourth-order valence-electron chi connectivity index (χ4n) is 6.82. The average molecular weight is 481 g/mol. The zero-order valence-electron chi connectivity index (χ0n) is 20.8. The summed E-state index contributed by atoms with van der Waals surface area (Å²) in [5.41, 5.74) is -0.237. The number of rotatable bonds is 8. The quantitative estimate of drug-likeness (QED) is 0.537. The fourth-order valence-corrected chi connectivity index (χ4v) is 6.82. The number of aliphatic hydroxyl groups excluding tert-OH is 1. The van der Waals surface area contributed by atoms with Crippen molar-refractivity contribution in [3.63, 3.8) is 0 Å². The average Bonchev–Trinajstić information content (AvgIpc) is 3.49. The summed E-state index contributed by atoms with van der Waals surface area (Å²) in [6.07, 6.45) is 13.9. The second-order valence-corrected chi connectivity index (χ2v) is 11.3. The van der Waals surface area contributed by atoms with E-state index in [1.807, 2.05) is 20.8 Å². The van der Waals surface area contributed by atoms with Crippen molar-refractivity contribution < 1.29 is 14.7 Å². The molecular weight excluding hydrogens is 444 g/mol. The summed E-state index contributed by atoms with van der Waals surface area (Å²) in [4.78, 5) is 26.0. The lowest BCUT2D eigenvalue weighted by molar-refractivity contribution is -0.126. The van der Waals surface area contributed by atoms with Crippen LogP contribution in [0.3, 0.4) is 0 Å². The Morgan fingerprint density at radius 1 is 1.23 bits per heavy atom. The highest BCUT2D eigenvalue weighted by molar-refractivity contribution is 5.97. The molecule has 6 rings (SSSR count). The van der Waals surface area contributed by atoms with Crippen LogP contribution >= 0.6 is 0 Å². The third-order valence-corrected chi connectivity index (χ3v) is 8.32. The van der Waals surface area contributed by atoms with Gasteiger partial charge in [-0.2, -0.15) is 10.2 Å². The third-order valence-electron chi connectivity index (χ3n) is 8.32. The van der Waals surface area contributed by atoms with E-state index in [1.165, 1.54) is 0 Å². The molecule has 2 aromatic heterocycles. The molecule has 9 nitrogen and oxygen atoms in total. The van der Waals surface area contributed by atoms with Crippen molar-refractivity contribution in [3.05, 3.63) is 36.3 Å². The highest BCUT2D eigenvalue weighted by atomic mass is 16.3. The van der Waals surface area contributed by atoms with Crippen LogP contribution in [0.25, 0.3) is 12.0 Å². The fraction of sp³-hybridized carbons (Fsp3) is 0.615. The lowest BCUT2D eigenvalue weighted by Gasteiger charge is -2.59. The minimum Gasteiger partial charge on any atom is -0.396 e. The van der Waals surface area contributed by atoms with Gasteiger partial charge in [-0.1, -0.05) is 6.08 Å². The van der Waals surface area contributed by atoms with E-state index < -0.39 is 5.41 Å². The normalized spacial score (nSPS) is 29.6. The molecular formula is C26H36N6O3. The first kappa shape index (κ1) is 23.8. The van der Waals surface area contributed by atoms with E-state index in [1.54, 1.807) is 46.3 Å². The van der Waals surface area contributed by atoms with E-state index in [2.05, 4.69) is 20.8 Å². The smallest absolute Gasteiger partial charge is 0.257 e. The minimum atomic E-state index is -0.741. The standard InChI is InChI=1S/C26H36N6O3/c1-4-27-24(35)25(2,3)6-9-32-23(31-8-5-7-28-31)20(15-29-32)22(34)30-21-18-10-17-11-19(21)14-26(12-17,13-18)16-33/h5-9,15,17-19,21,33H,4,10-14,16H2,1-3H3,(H,27,35)(H,30,34)/b9-6+/t17?,18?,19?,21-,26-. The van der Waals surface area contributed by atoms with E-state index in [0.717, 1.165) is 32.1 Å².